The Kier molecular flexibility index (Phi) is 8.18. The number of unbranched alkanes of at least 4 members (excludes halogenated alkanes) is 1. The van der Waals surface area contributed by atoms with Crippen molar-refractivity contribution in [2.75, 3.05) is 13.2 Å². The van der Waals surface area contributed by atoms with Gasteiger partial charge in [-0.2, -0.15) is 0 Å². The lowest BCUT2D eigenvalue weighted by Gasteiger charge is -2.61. The van der Waals surface area contributed by atoms with Crippen LogP contribution < -0.4 is 4.74 Å². The van der Waals surface area contributed by atoms with E-state index in [9.17, 15) is 4.79 Å². The number of aryl methyl sites for hydroxylation is 1. The Morgan fingerprint density at radius 3 is 2.46 bits per heavy atom. The van der Waals surface area contributed by atoms with Crippen molar-refractivity contribution in [3.05, 3.63) is 55.0 Å². The van der Waals surface area contributed by atoms with Crippen LogP contribution >= 0.6 is 0 Å². The van der Waals surface area contributed by atoms with Gasteiger partial charge in [0, 0.05) is 91.7 Å². The average molecular weight is 627 g/mol. The smallest absolute Gasteiger partial charge is 0.410 e. The molecule has 46 heavy (non-hydrogen) atoms. The molecule has 9 nitrogen and oxygen atoms in total. The molecule has 0 atom stereocenters. The molecule has 1 spiro atoms. The van der Waals surface area contributed by atoms with Gasteiger partial charge < -0.3 is 28.8 Å². The lowest BCUT2D eigenvalue weighted by Crippen LogP contribution is -2.64. The average Bonchev–Trinajstić information content (AvgIpc) is 3.25. The fourth-order valence-electron chi connectivity index (χ4n) is 7.75. The van der Waals surface area contributed by atoms with Gasteiger partial charge in [0.2, 0.25) is 5.88 Å². The third-order valence-corrected chi connectivity index (χ3v) is 10.2. The molecule has 0 saturated heterocycles. The van der Waals surface area contributed by atoms with Crippen molar-refractivity contribution in [3.8, 4) is 17.0 Å². The zero-order chi connectivity index (χ0) is 32.1. The standard InChI is InChI=1S/C37H46N4O5/c1-36(2,3)46-35(43)41(27-18-37(19-27)20-29(21-37)44-14-6-5-13-42)26-16-28(17-26)45-34-10-8-25(22-39-34)24-7-9-30-31-23-38-12-11-32(31)40(4)33(30)15-24/h7-12,15,22-23,26-29,42H,5-6,13-14,16-21H2,1-4H3. The number of aliphatic hydroxyl groups is 1. The number of carbonyl (C=O) groups is 1. The predicted octanol–water partition coefficient (Wildman–Crippen LogP) is 7.04. The summed E-state index contributed by atoms with van der Waals surface area (Å²) in [6.45, 7) is 6.72. The van der Waals surface area contributed by atoms with Gasteiger partial charge in [0.05, 0.1) is 11.6 Å². The van der Waals surface area contributed by atoms with Crippen LogP contribution in [0.15, 0.2) is 55.0 Å². The molecule has 0 unspecified atom stereocenters. The van der Waals surface area contributed by atoms with Gasteiger partial charge in [-0.1, -0.05) is 12.1 Å². The first kappa shape index (κ1) is 30.9. The van der Waals surface area contributed by atoms with Crippen molar-refractivity contribution in [3.63, 3.8) is 0 Å². The quantitative estimate of drug-likeness (QED) is 0.189. The summed E-state index contributed by atoms with van der Waals surface area (Å²) >= 11 is 0. The number of benzene rings is 1. The molecule has 4 aromatic rings. The number of amides is 1. The highest BCUT2D eigenvalue weighted by molar-refractivity contribution is 6.08. The molecule has 0 radical (unpaired) electrons. The number of ether oxygens (including phenoxy) is 3. The Bertz CT molecular complexity index is 1690. The van der Waals surface area contributed by atoms with E-state index in [1.54, 1.807) is 0 Å². The molecule has 1 aromatic carbocycles. The Morgan fingerprint density at radius 2 is 1.74 bits per heavy atom. The second-order valence-corrected chi connectivity index (χ2v) is 14.7. The lowest BCUT2D eigenvalue weighted by atomic mass is 9.52. The molecule has 3 heterocycles. The zero-order valence-corrected chi connectivity index (χ0v) is 27.4. The molecule has 0 bridgehead atoms. The van der Waals surface area contributed by atoms with Crippen LogP contribution in [0.25, 0.3) is 32.9 Å². The Balaban J connectivity index is 0.952. The van der Waals surface area contributed by atoms with Gasteiger partial charge in [0.25, 0.3) is 0 Å². The van der Waals surface area contributed by atoms with Crippen LogP contribution in [0, 0.1) is 5.41 Å². The molecule has 244 valence electrons. The predicted molar refractivity (Wildman–Crippen MR) is 178 cm³/mol. The molecule has 9 heteroatoms. The number of fused-ring (bicyclic) bond motifs is 3. The van der Waals surface area contributed by atoms with E-state index in [0.29, 0.717) is 17.4 Å². The van der Waals surface area contributed by atoms with Crippen molar-refractivity contribution < 1.29 is 24.1 Å². The van der Waals surface area contributed by atoms with E-state index in [1.165, 1.54) is 5.39 Å². The number of rotatable bonds is 10. The number of carbonyl (C=O) groups excluding carboxylic acids is 1. The van der Waals surface area contributed by atoms with E-state index in [4.69, 9.17) is 19.3 Å². The first-order valence-electron chi connectivity index (χ1n) is 16.8. The van der Waals surface area contributed by atoms with Gasteiger partial charge in [-0.3, -0.25) is 4.98 Å². The monoisotopic (exact) mass is 626 g/mol. The number of hydrogen-bond acceptors (Lipinski definition) is 7. The molecule has 3 aromatic heterocycles. The number of pyridine rings is 2. The molecular formula is C37H46N4O5. The van der Waals surface area contributed by atoms with Crippen LogP contribution in [0.1, 0.15) is 72.1 Å². The molecule has 0 aliphatic heterocycles. The lowest BCUT2D eigenvalue weighted by molar-refractivity contribution is -0.155. The van der Waals surface area contributed by atoms with Crippen molar-refractivity contribution in [2.45, 2.75) is 102 Å². The Labute approximate surface area is 270 Å². The summed E-state index contributed by atoms with van der Waals surface area (Å²) in [6, 6.07) is 12.9. The number of hydrogen-bond donors (Lipinski definition) is 1. The van der Waals surface area contributed by atoms with Gasteiger partial charge >= 0.3 is 6.09 Å². The summed E-state index contributed by atoms with van der Waals surface area (Å²) in [5.74, 6) is 0.606. The number of aromatic nitrogens is 3. The summed E-state index contributed by atoms with van der Waals surface area (Å²) in [7, 11) is 2.09. The summed E-state index contributed by atoms with van der Waals surface area (Å²) in [5.41, 5.74) is 4.22. The van der Waals surface area contributed by atoms with Crippen LogP contribution in [-0.4, -0.2) is 73.7 Å². The SMILES string of the molecule is Cn1c2ccncc2c2ccc(-c3ccc(OC4CC(N(C(=O)OC(C)(C)C)C5CC6(CC(OCCCCO)C6)C5)C4)nc3)cc21. The van der Waals surface area contributed by atoms with E-state index in [-0.39, 0.29) is 30.9 Å². The third-order valence-electron chi connectivity index (χ3n) is 10.2. The minimum absolute atomic E-state index is 0.0171. The summed E-state index contributed by atoms with van der Waals surface area (Å²) in [4.78, 5) is 24.4. The fraction of sp³-hybridized carbons (Fsp3) is 0.541. The van der Waals surface area contributed by atoms with Crippen LogP contribution in [0.2, 0.25) is 0 Å². The van der Waals surface area contributed by atoms with E-state index in [2.05, 4.69) is 45.8 Å². The molecule has 3 fully saturated rings. The Morgan fingerprint density at radius 1 is 0.957 bits per heavy atom. The second-order valence-electron chi connectivity index (χ2n) is 14.7. The molecule has 7 rings (SSSR count). The third kappa shape index (κ3) is 6.07. The van der Waals surface area contributed by atoms with Gasteiger partial charge in [-0.15, -0.1) is 0 Å². The van der Waals surface area contributed by atoms with E-state index >= 15 is 0 Å². The topological polar surface area (TPSA) is 98.9 Å². The van der Waals surface area contributed by atoms with Gasteiger partial charge in [0.15, 0.2) is 0 Å². The molecule has 1 N–H and O–H groups in total. The largest absolute Gasteiger partial charge is 0.474 e. The van der Waals surface area contributed by atoms with Gasteiger partial charge in [0.1, 0.15) is 11.7 Å². The maximum absolute atomic E-state index is 13.4. The first-order chi connectivity index (χ1) is 22.1. The summed E-state index contributed by atoms with van der Waals surface area (Å²) in [5, 5.41) is 11.3. The van der Waals surface area contributed by atoms with Crippen molar-refractivity contribution in [2.24, 2.45) is 12.5 Å². The van der Waals surface area contributed by atoms with E-state index in [1.807, 2.05) is 56.4 Å². The summed E-state index contributed by atoms with van der Waals surface area (Å²) < 4.78 is 20.3. The molecule has 3 aliphatic rings. The van der Waals surface area contributed by atoms with E-state index < -0.39 is 5.60 Å². The molecule has 1 amide bonds. The minimum atomic E-state index is -0.540. The van der Waals surface area contributed by atoms with Crippen LogP contribution in [0.3, 0.4) is 0 Å². The highest BCUT2D eigenvalue weighted by atomic mass is 16.6. The maximum atomic E-state index is 13.4. The zero-order valence-electron chi connectivity index (χ0n) is 27.4. The Hall–Kier alpha value is -3.69. The first-order valence-corrected chi connectivity index (χ1v) is 16.8. The fourth-order valence-corrected chi connectivity index (χ4v) is 7.75. The molecule has 3 aliphatic carbocycles. The van der Waals surface area contributed by atoms with E-state index in [0.717, 1.165) is 85.5 Å². The second kappa shape index (κ2) is 12.2. The molecular weight excluding hydrogens is 580 g/mol. The van der Waals surface area contributed by atoms with Crippen molar-refractivity contribution in [1.29, 1.82) is 0 Å². The normalized spacial score (nSPS) is 25.6. The van der Waals surface area contributed by atoms with Crippen molar-refractivity contribution in [1.82, 2.24) is 19.4 Å². The van der Waals surface area contributed by atoms with Crippen molar-refractivity contribution >= 4 is 27.9 Å². The number of aliphatic hydroxyl groups excluding tert-OH is 1. The van der Waals surface area contributed by atoms with Crippen LogP contribution in [0.4, 0.5) is 4.79 Å². The maximum Gasteiger partial charge on any atom is 0.410 e. The highest BCUT2D eigenvalue weighted by Crippen LogP contribution is 2.59. The van der Waals surface area contributed by atoms with Crippen LogP contribution in [-0.2, 0) is 16.5 Å². The van der Waals surface area contributed by atoms with Crippen LogP contribution in [0.5, 0.6) is 5.88 Å². The highest BCUT2D eigenvalue weighted by Gasteiger charge is 2.57. The number of nitrogens with zero attached hydrogens (tertiary/aromatic N) is 4. The van der Waals surface area contributed by atoms with Gasteiger partial charge in [-0.05, 0) is 88.5 Å². The summed E-state index contributed by atoms with van der Waals surface area (Å²) in [6.07, 6.45) is 13.1. The molecule has 3 saturated carbocycles. The van der Waals surface area contributed by atoms with Gasteiger partial charge in [-0.25, -0.2) is 9.78 Å². The minimum Gasteiger partial charge on any atom is -0.474 e.